The van der Waals surface area contributed by atoms with Crippen LogP contribution in [0, 0.1) is 0 Å². The molecule has 2 rings (SSSR count). The Morgan fingerprint density at radius 3 is 2.90 bits per heavy atom. The first-order chi connectivity index (χ1) is 9.83. The molecule has 116 valence electrons. The maximum atomic E-state index is 11.8. The Morgan fingerprint density at radius 1 is 1.48 bits per heavy atom. The van der Waals surface area contributed by atoms with Crippen molar-refractivity contribution in [3.8, 4) is 0 Å². The molecule has 0 unspecified atom stereocenters. The summed E-state index contributed by atoms with van der Waals surface area (Å²) in [6.07, 6.45) is 1.57. The van der Waals surface area contributed by atoms with Gasteiger partial charge in [-0.1, -0.05) is 6.07 Å². The van der Waals surface area contributed by atoms with Gasteiger partial charge in [0.15, 0.2) is 0 Å². The number of anilines is 2. The van der Waals surface area contributed by atoms with E-state index in [1.165, 1.54) is 0 Å². The standard InChI is InChI=1S/C15H24N4O2/c1-15(2,3)21-14(20)17-11-6-5-9-19(10-11)13-8-4-7-12(16)18-13/h4,7-8,11H,5-6,9-10H2,1-3H3,(H2,16,18)(H,17,20)/t11-/m1/s1. The van der Waals surface area contributed by atoms with E-state index in [2.05, 4.69) is 15.2 Å². The van der Waals surface area contributed by atoms with Crippen molar-refractivity contribution >= 4 is 17.7 Å². The second-order valence-electron chi connectivity index (χ2n) is 6.35. The summed E-state index contributed by atoms with van der Waals surface area (Å²) in [5.74, 6) is 1.36. The molecular formula is C15H24N4O2. The summed E-state index contributed by atoms with van der Waals surface area (Å²) in [6, 6.07) is 5.66. The summed E-state index contributed by atoms with van der Waals surface area (Å²) in [7, 11) is 0. The highest BCUT2D eigenvalue weighted by Gasteiger charge is 2.24. The number of nitrogen functional groups attached to an aromatic ring is 1. The zero-order valence-corrected chi connectivity index (χ0v) is 12.9. The van der Waals surface area contributed by atoms with Crippen molar-refractivity contribution < 1.29 is 9.53 Å². The Bertz CT molecular complexity index is 499. The molecule has 0 spiro atoms. The number of ether oxygens (including phenoxy) is 1. The van der Waals surface area contributed by atoms with Crippen LogP contribution in [-0.4, -0.2) is 35.8 Å². The van der Waals surface area contributed by atoms with Crippen molar-refractivity contribution in [2.45, 2.75) is 45.3 Å². The minimum atomic E-state index is -0.478. The first-order valence-corrected chi connectivity index (χ1v) is 7.30. The van der Waals surface area contributed by atoms with E-state index in [-0.39, 0.29) is 12.1 Å². The quantitative estimate of drug-likeness (QED) is 0.873. The number of hydrogen-bond donors (Lipinski definition) is 2. The molecule has 1 aromatic heterocycles. The van der Waals surface area contributed by atoms with Gasteiger partial charge in [0.2, 0.25) is 0 Å². The molecule has 0 aromatic carbocycles. The summed E-state index contributed by atoms with van der Waals surface area (Å²) >= 11 is 0. The summed E-state index contributed by atoms with van der Waals surface area (Å²) in [5.41, 5.74) is 5.24. The van der Waals surface area contributed by atoms with E-state index >= 15 is 0 Å². The van der Waals surface area contributed by atoms with Crippen molar-refractivity contribution in [2.75, 3.05) is 23.7 Å². The van der Waals surface area contributed by atoms with Gasteiger partial charge in [-0.3, -0.25) is 0 Å². The summed E-state index contributed by atoms with van der Waals surface area (Å²) in [6.45, 7) is 7.21. The van der Waals surface area contributed by atoms with Gasteiger partial charge in [-0.2, -0.15) is 0 Å². The van der Waals surface area contributed by atoms with Gasteiger partial charge < -0.3 is 20.7 Å². The van der Waals surface area contributed by atoms with Gasteiger partial charge in [-0.25, -0.2) is 9.78 Å². The van der Waals surface area contributed by atoms with E-state index in [4.69, 9.17) is 10.5 Å². The van der Waals surface area contributed by atoms with E-state index < -0.39 is 5.60 Å². The number of rotatable bonds is 2. The number of alkyl carbamates (subject to hydrolysis) is 1. The SMILES string of the molecule is CC(C)(C)OC(=O)N[C@@H]1CCCN(c2cccc(N)n2)C1. The van der Waals surface area contributed by atoms with Crippen LogP contribution in [0.1, 0.15) is 33.6 Å². The molecule has 1 amide bonds. The molecule has 3 N–H and O–H groups in total. The Labute approximate surface area is 125 Å². The van der Waals surface area contributed by atoms with Crippen molar-refractivity contribution in [1.29, 1.82) is 0 Å². The van der Waals surface area contributed by atoms with Gasteiger partial charge in [0.05, 0.1) is 0 Å². The van der Waals surface area contributed by atoms with Crippen molar-refractivity contribution in [3.63, 3.8) is 0 Å². The molecule has 1 aliphatic heterocycles. The number of nitrogens with zero attached hydrogens (tertiary/aromatic N) is 2. The zero-order valence-electron chi connectivity index (χ0n) is 12.9. The lowest BCUT2D eigenvalue weighted by atomic mass is 10.1. The first-order valence-electron chi connectivity index (χ1n) is 7.30. The largest absolute Gasteiger partial charge is 0.444 e. The Kier molecular flexibility index (Phi) is 4.55. The molecule has 2 heterocycles. The lowest BCUT2D eigenvalue weighted by Gasteiger charge is -2.34. The van der Waals surface area contributed by atoms with Crippen LogP contribution in [0.3, 0.4) is 0 Å². The van der Waals surface area contributed by atoms with Gasteiger partial charge in [-0.05, 0) is 45.7 Å². The Balaban J connectivity index is 1.93. The number of nitrogens with one attached hydrogen (secondary N) is 1. The number of aromatic nitrogens is 1. The van der Waals surface area contributed by atoms with E-state index in [0.717, 1.165) is 31.7 Å². The predicted molar refractivity (Wildman–Crippen MR) is 83.3 cm³/mol. The van der Waals surface area contributed by atoms with Crippen molar-refractivity contribution in [3.05, 3.63) is 18.2 Å². The number of carbonyl (C=O) groups excluding carboxylic acids is 1. The number of hydrogen-bond acceptors (Lipinski definition) is 5. The molecule has 1 aromatic rings. The fourth-order valence-corrected chi connectivity index (χ4v) is 2.39. The zero-order chi connectivity index (χ0) is 15.5. The molecule has 21 heavy (non-hydrogen) atoms. The highest BCUT2D eigenvalue weighted by Crippen LogP contribution is 2.19. The molecule has 0 saturated carbocycles. The molecule has 6 nitrogen and oxygen atoms in total. The third-order valence-corrected chi connectivity index (χ3v) is 3.22. The lowest BCUT2D eigenvalue weighted by molar-refractivity contribution is 0.0500. The molecule has 1 saturated heterocycles. The minimum Gasteiger partial charge on any atom is -0.444 e. The van der Waals surface area contributed by atoms with Crippen molar-refractivity contribution in [2.24, 2.45) is 0 Å². The van der Waals surface area contributed by atoms with Crippen molar-refractivity contribution in [1.82, 2.24) is 10.3 Å². The highest BCUT2D eigenvalue weighted by molar-refractivity contribution is 5.68. The monoisotopic (exact) mass is 292 g/mol. The van der Waals surface area contributed by atoms with E-state index in [1.54, 1.807) is 6.07 Å². The first kappa shape index (κ1) is 15.4. The van der Waals surface area contributed by atoms with Crippen LogP contribution in [0.25, 0.3) is 0 Å². The highest BCUT2D eigenvalue weighted by atomic mass is 16.6. The average molecular weight is 292 g/mol. The predicted octanol–water partition coefficient (Wildman–Crippen LogP) is 2.16. The average Bonchev–Trinajstić information content (AvgIpc) is 2.36. The van der Waals surface area contributed by atoms with Crippen LogP contribution in [0.15, 0.2) is 18.2 Å². The van der Waals surface area contributed by atoms with Gasteiger partial charge >= 0.3 is 6.09 Å². The van der Waals surface area contributed by atoms with E-state index in [9.17, 15) is 4.79 Å². The van der Waals surface area contributed by atoms with Crippen LogP contribution < -0.4 is 16.0 Å². The third kappa shape index (κ3) is 4.81. The molecule has 0 bridgehead atoms. The smallest absolute Gasteiger partial charge is 0.407 e. The van der Waals surface area contributed by atoms with Gasteiger partial charge in [0, 0.05) is 19.1 Å². The molecule has 0 radical (unpaired) electrons. The summed E-state index contributed by atoms with van der Waals surface area (Å²) in [4.78, 5) is 18.3. The molecule has 1 atom stereocenters. The number of nitrogens with two attached hydrogens (primary N) is 1. The number of piperidine rings is 1. The molecule has 1 fully saturated rings. The fourth-order valence-electron chi connectivity index (χ4n) is 2.39. The van der Waals surface area contributed by atoms with E-state index in [1.807, 2.05) is 32.9 Å². The lowest BCUT2D eigenvalue weighted by Crippen LogP contribution is -2.49. The minimum absolute atomic E-state index is 0.0665. The molecule has 0 aliphatic carbocycles. The number of amides is 1. The summed E-state index contributed by atoms with van der Waals surface area (Å²) < 4.78 is 5.30. The molecular weight excluding hydrogens is 268 g/mol. The van der Waals surface area contributed by atoms with Crippen LogP contribution in [-0.2, 0) is 4.74 Å². The van der Waals surface area contributed by atoms with Gasteiger partial charge in [0.1, 0.15) is 17.2 Å². The number of pyridine rings is 1. The van der Waals surface area contributed by atoms with Gasteiger partial charge in [-0.15, -0.1) is 0 Å². The van der Waals surface area contributed by atoms with Crippen LogP contribution in [0.5, 0.6) is 0 Å². The van der Waals surface area contributed by atoms with Crippen LogP contribution in [0.4, 0.5) is 16.4 Å². The Hall–Kier alpha value is -1.98. The van der Waals surface area contributed by atoms with Crippen LogP contribution >= 0.6 is 0 Å². The second kappa shape index (κ2) is 6.20. The van der Waals surface area contributed by atoms with E-state index in [0.29, 0.717) is 5.82 Å². The number of carbonyl (C=O) groups is 1. The molecule has 1 aliphatic rings. The Morgan fingerprint density at radius 2 is 2.24 bits per heavy atom. The van der Waals surface area contributed by atoms with Gasteiger partial charge in [0.25, 0.3) is 0 Å². The maximum Gasteiger partial charge on any atom is 0.407 e. The third-order valence-electron chi connectivity index (χ3n) is 3.22. The fraction of sp³-hybridized carbons (Fsp3) is 0.600. The summed E-state index contributed by atoms with van der Waals surface area (Å²) in [5, 5.41) is 2.93. The topological polar surface area (TPSA) is 80.5 Å². The normalized spacial score (nSPS) is 19.2. The second-order valence-corrected chi connectivity index (χ2v) is 6.35. The molecule has 6 heteroatoms. The maximum absolute atomic E-state index is 11.8. The van der Waals surface area contributed by atoms with Crippen LogP contribution in [0.2, 0.25) is 0 Å².